The predicted molar refractivity (Wildman–Crippen MR) is 205 cm³/mol. The van der Waals surface area contributed by atoms with E-state index in [0.29, 0.717) is 48.6 Å². The normalized spacial score (nSPS) is 31.6. The van der Waals surface area contributed by atoms with Crippen LogP contribution in [0, 0.1) is 40.3 Å². The molecule has 7 rings (SSSR count). The van der Waals surface area contributed by atoms with Gasteiger partial charge in [-0.2, -0.15) is 0 Å². The van der Waals surface area contributed by atoms with E-state index in [0.717, 1.165) is 19.3 Å². The minimum atomic E-state index is -3.97. The lowest BCUT2D eigenvalue weighted by Gasteiger charge is -2.32. The van der Waals surface area contributed by atoms with Crippen molar-refractivity contribution in [2.75, 3.05) is 20.3 Å². The number of carbonyl (C=O) groups is 4. The Morgan fingerprint density at radius 1 is 1.07 bits per heavy atom. The van der Waals surface area contributed by atoms with Gasteiger partial charge in [-0.25, -0.2) is 17.8 Å². The summed E-state index contributed by atoms with van der Waals surface area (Å²) in [5, 5.41) is 0.920. The molecule has 4 fully saturated rings. The molecule has 3 heterocycles. The number of rotatable bonds is 10. The largest absolute Gasteiger partial charge is 0.496 e. The molecule has 1 aromatic heterocycles. The number of nitrogens with one attached hydrogen (secondary N) is 1. The van der Waals surface area contributed by atoms with Crippen molar-refractivity contribution in [2.45, 2.75) is 115 Å². The highest BCUT2D eigenvalue weighted by Gasteiger charge is 2.62. The van der Waals surface area contributed by atoms with Gasteiger partial charge in [-0.15, -0.1) is 0 Å². The summed E-state index contributed by atoms with van der Waals surface area (Å²) in [6, 6.07) is 3.18. The number of fused-ring (bicyclic) bond motifs is 3. The number of aromatic nitrogens is 1. The van der Waals surface area contributed by atoms with Crippen molar-refractivity contribution in [3.05, 3.63) is 42.4 Å². The third-order valence-electron chi connectivity index (χ3n) is 13.1. The number of ether oxygens (including phenoxy) is 3. The standard InChI is InChI=1S/C42H54FN3O9S/c1-25-8-6-7-9-27-21-42(27,39(50)45-56(51,52)41(4)13-14-41)22-34(47)33-19-29(55-37-32-17-28(43)18-35(53-5)30(32)10-15-44-37)23-46(33)38(49)31(26(2)16-25)20-36(48)54-24-40(3)11-12-40/h7,9-10,15,17-18,25-27,29,31,33H,6,8,11-14,16,19-24H2,1-5H3,(H,45,50)/b9-7-/t25-,26+,27+,29+,31-,33-,42+/m0/s1. The Kier molecular flexibility index (Phi) is 10.8. The molecular formula is C42H54FN3O9S. The Balaban J connectivity index is 1.21. The fourth-order valence-electron chi connectivity index (χ4n) is 8.55. The van der Waals surface area contributed by atoms with E-state index in [2.05, 4.69) is 23.6 Å². The molecule has 0 radical (unpaired) electrons. The third-order valence-corrected chi connectivity index (χ3v) is 15.3. The molecule has 56 heavy (non-hydrogen) atoms. The van der Waals surface area contributed by atoms with Crippen LogP contribution >= 0.6 is 0 Å². The van der Waals surface area contributed by atoms with E-state index in [9.17, 15) is 32.0 Å². The van der Waals surface area contributed by atoms with Gasteiger partial charge >= 0.3 is 5.97 Å². The number of carbonyl (C=O) groups excluding carboxylic acids is 4. The molecule has 0 bridgehead atoms. The first-order chi connectivity index (χ1) is 26.5. The third kappa shape index (κ3) is 8.17. The number of hydrogen-bond acceptors (Lipinski definition) is 10. The van der Waals surface area contributed by atoms with E-state index in [-0.39, 0.29) is 67.4 Å². The second-order valence-electron chi connectivity index (χ2n) is 17.9. The summed E-state index contributed by atoms with van der Waals surface area (Å²) in [5.41, 5.74) is -1.33. The molecular weight excluding hydrogens is 742 g/mol. The zero-order valence-corrected chi connectivity index (χ0v) is 33.8. The highest BCUT2D eigenvalue weighted by molar-refractivity contribution is 7.91. The number of hydrogen-bond donors (Lipinski definition) is 1. The molecule has 2 aromatic rings. The molecule has 7 atom stereocenters. The molecule has 0 unspecified atom stereocenters. The van der Waals surface area contributed by atoms with Crippen molar-refractivity contribution in [3.63, 3.8) is 0 Å². The van der Waals surface area contributed by atoms with E-state index in [1.807, 2.05) is 19.1 Å². The number of benzene rings is 1. The zero-order chi connectivity index (χ0) is 40.2. The molecule has 1 saturated heterocycles. The monoisotopic (exact) mass is 795 g/mol. The lowest BCUT2D eigenvalue weighted by Crippen LogP contribution is -2.48. The molecule has 14 heteroatoms. The van der Waals surface area contributed by atoms with Crippen LogP contribution in [0.5, 0.6) is 11.6 Å². The first-order valence-corrected chi connectivity index (χ1v) is 21.5. The number of halogens is 1. The molecule has 2 amide bonds. The zero-order valence-electron chi connectivity index (χ0n) is 33.0. The summed E-state index contributed by atoms with van der Waals surface area (Å²) >= 11 is 0. The average Bonchev–Trinajstić information content (AvgIpc) is 4.11. The number of sulfonamides is 1. The van der Waals surface area contributed by atoms with Crippen LogP contribution in [0.2, 0.25) is 0 Å². The topological polar surface area (TPSA) is 158 Å². The van der Waals surface area contributed by atoms with Crippen LogP contribution in [-0.4, -0.2) is 79.0 Å². The number of nitrogens with zero attached hydrogens (tertiary/aromatic N) is 2. The van der Waals surface area contributed by atoms with Crippen molar-refractivity contribution in [1.29, 1.82) is 0 Å². The van der Waals surface area contributed by atoms with Crippen LogP contribution in [0.4, 0.5) is 4.39 Å². The second-order valence-corrected chi connectivity index (χ2v) is 20.1. The van der Waals surface area contributed by atoms with Gasteiger partial charge in [-0.3, -0.25) is 23.9 Å². The minimum Gasteiger partial charge on any atom is -0.496 e. The SMILES string of the molecule is COc1cc(F)cc2c(O[C@@H]3C[C@H]4C(=O)C[C@]5(C(=O)NS(=O)(=O)C6(C)CC6)C[C@H]5/C=C\CC[C@H](C)C[C@@H](C)[C@H](CC(=O)OCC5(C)CC5)C(=O)N4C3)nccc12. The van der Waals surface area contributed by atoms with Gasteiger partial charge in [0.1, 0.15) is 17.7 Å². The fourth-order valence-corrected chi connectivity index (χ4v) is 9.88. The lowest BCUT2D eigenvalue weighted by molar-refractivity contribution is -0.152. The minimum absolute atomic E-state index is 0.0269. The average molecular weight is 796 g/mol. The molecule has 1 N–H and O–H groups in total. The van der Waals surface area contributed by atoms with Gasteiger partial charge in [-0.1, -0.05) is 32.9 Å². The molecule has 3 aliphatic carbocycles. The van der Waals surface area contributed by atoms with Crippen LogP contribution in [-0.2, 0) is 33.9 Å². The first kappa shape index (κ1) is 40.1. The Labute approximate surface area is 328 Å². The Morgan fingerprint density at radius 2 is 1.82 bits per heavy atom. The van der Waals surface area contributed by atoms with E-state index >= 15 is 0 Å². The van der Waals surface area contributed by atoms with Gasteiger partial charge in [0.05, 0.1) is 54.2 Å². The number of amides is 2. The summed E-state index contributed by atoms with van der Waals surface area (Å²) < 4.78 is 60.0. The maximum Gasteiger partial charge on any atom is 0.306 e. The summed E-state index contributed by atoms with van der Waals surface area (Å²) in [5.74, 6) is -3.31. The van der Waals surface area contributed by atoms with E-state index in [1.54, 1.807) is 13.0 Å². The van der Waals surface area contributed by atoms with Crippen molar-refractivity contribution >= 4 is 44.4 Å². The van der Waals surface area contributed by atoms with E-state index in [1.165, 1.54) is 30.3 Å². The van der Waals surface area contributed by atoms with Crippen LogP contribution < -0.4 is 14.2 Å². The molecule has 12 nitrogen and oxygen atoms in total. The Hall–Kier alpha value is -4.07. The molecule has 3 saturated carbocycles. The Morgan fingerprint density at radius 3 is 2.52 bits per heavy atom. The quantitative estimate of drug-likeness (QED) is 0.222. The molecule has 2 aliphatic heterocycles. The maximum atomic E-state index is 14.9. The van der Waals surface area contributed by atoms with Gasteiger partial charge in [0.15, 0.2) is 5.78 Å². The number of methoxy groups -OCH3 is 1. The lowest BCUT2D eigenvalue weighted by atomic mass is 9.82. The van der Waals surface area contributed by atoms with E-state index < -0.39 is 61.7 Å². The fraction of sp³-hybridized carbons (Fsp3) is 0.643. The van der Waals surface area contributed by atoms with E-state index in [4.69, 9.17) is 14.2 Å². The number of ketones is 1. The van der Waals surface area contributed by atoms with Crippen LogP contribution in [0.1, 0.15) is 98.3 Å². The molecule has 1 aromatic carbocycles. The van der Waals surface area contributed by atoms with Crippen molar-refractivity contribution in [2.24, 2.45) is 34.5 Å². The van der Waals surface area contributed by atoms with Crippen LogP contribution in [0.15, 0.2) is 36.5 Å². The number of Topliss-reactive ketones (excluding diaryl/α,β-unsaturated/α-hetero) is 1. The van der Waals surface area contributed by atoms with Crippen molar-refractivity contribution in [3.8, 4) is 11.6 Å². The molecule has 5 aliphatic rings. The van der Waals surface area contributed by atoms with Crippen molar-refractivity contribution in [1.82, 2.24) is 14.6 Å². The van der Waals surface area contributed by atoms with Gasteiger partial charge in [0, 0.05) is 35.9 Å². The summed E-state index contributed by atoms with van der Waals surface area (Å²) in [6.07, 6.45) is 9.58. The highest BCUT2D eigenvalue weighted by atomic mass is 32.2. The number of pyridine rings is 1. The number of esters is 1. The van der Waals surface area contributed by atoms with Gasteiger partial charge in [-0.05, 0) is 88.2 Å². The highest BCUT2D eigenvalue weighted by Crippen LogP contribution is 2.58. The second kappa shape index (κ2) is 15.0. The van der Waals surface area contributed by atoms with Gasteiger partial charge in [0.2, 0.25) is 27.7 Å². The van der Waals surface area contributed by atoms with Crippen LogP contribution in [0.25, 0.3) is 10.8 Å². The smallest absolute Gasteiger partial charge is 0.306 e. The van der Waals surface area contributed by atoms with Gasteiger partial charge < -0.3 is 19.1 Å². The summed E-state index contributed by atoms with van der Waals surface area (Å²) in [7, 11) is -2.54. The summed E-state index contributed by atoms with van der Waals surface area (Å²) in [4.78, 5) is 62.7. The summed E-state index contributed by atoms with van der Waals surface area (Å²) in [6.45, 7) is 7.98. The predicted octanol–water partition coefficient (Wildman–Crippen LogP) is 6.06. The van der Waals surface area contributed by atoms with Crippen molar-refractivity contribution < 1.29 is 46.2 Å². The van der Waals surface area contributed by atoms with Crippen LogP contribution in [0.3, 0.4) is 0 Å². The molecule has 0 spiro atoms. The number of allylic oxidation sites excluding steroid dienone is 2. The Bertz CT molecular complexity index is 2050. The maximum absolute atomic E-state index is 14.9. The van der Waals surface area contributed by atoms with Gasteiger partial charge in [0.25, 0.3) is 0 Å². The molecule has 304 valence electrons. The first-order valence-electron chi connectivity index (χ1n) is 20.0.